The summed E-state index contributed by atoms with van der Waals surface area (Å²) >= 11 is 1.68. The lowest BCUT2D eigenvalue weighted by molar-refractivity contribution is 0.332. The van der Waals surface area contributed by atoms with E-state index in [1.165, 1.54) is 16.0 Å². The second-order valence-electron chi connectivity index (χ2n) is 7.17. The SMILES string of the molecule is Cc1ccsc1[C@H]1CCCCCN1S(=O)(=O)c1ccc(C(C)C)cc1. The van der Waals surface area contributed by atoms with Crippen molar-refractivity contribution in [1.29, 1.82) is 0 Å². The molecule has 136 valence electrons. The zero-order valence-electron chi connectivity index (χ0n) is 15.2. The van der Waals surface area contributed by atoms with Gasteiger partial charge in [0.2, 0.25) is 10.0 Å². The average molecular weight is 378 g/mol. The highest BCUT2D eigenvalue weighted by atomic mass is 32.2. The van der Waals surface area contributed by atoms with Gasteiger partial charge in [-0.2, -0.15) is 4.31 Å². The van der Waals surface area contributed by atoms with Gasteiger partial charge in [-0.1, -0.05) is 38.8 Å². The molecule has 1 aliphatic heterocycles. The number of nitrogens with zero attached hydrogens (tertiary/aromatic N) is 1. The van der Waals surface area contributed by atoms with Crippen molar-refractivity contribution in [1.82, 2.24) is 4.31 Å². The lowest BCUT2D eigenvalue weighted by atomic mass is 10.0. The average Bonchev–Trinajstić information content (AvgIpc) is 2.86. The van der Waals surface area contributed by atoms with E-state index in [9.17, 15) is 8.42 Å². The summed E-state index contributed by atoms with van der Waals surface area (Å²) in [6, 6.07) is 9.49. The lowest BCUT2D eigenvalue weighted by Crippen LogP contribution is -2.34. The maximum absolute atomic E-state index is 13.4. The minimum absolute atomic E-state index is 0.0303. The molecule has 3 rings (SSSR count). The topological polar surface area (TPSA) is 37.4 Å². The van der Waals surface area contributed by atoms with Gasteiger partial charge in [0.1, 0.15) is 0 Å². The Morgan fingerprint density at radius 2 is 1.80 bits per heavy atom. The minimum atomic E-state index is -3.48. The standard InChI is InChI=1S/C20H27NO2S2/c1-15(2)17-8-10-18(11-9-17)25(22,23)21-13-6-4-5-7-19(21)20-16(3)12-14-24-20/h8-12,14-15,19H,4-7,13H2,1-3H3/t19-/m1/s1. The molecule has 5 heteroatoms. The van der Waals surface area contributed by atoms with E-state index >= 15 is 0 Å². The van der Waals surface area contributed by atoms with Crippen molar-refractivity contribution in [2.24, 2.45) is 0 Å². The van der Waals surface area contributed by atoms with Gasteiger partial charge in [-0.25, -0.2) is 8.42 Å². The Hall–Kier alpha value is -1.17. The van der Waals surface area contributed by atoms with Crippen molar-refractivity contribution in [2.45, 2.75) is 63.3 Å². The van der Waals surface area contributed by atoms with Gasteiger partial charge in [-0.05, 0) is 60.4 Å². The van der Waals surface area contributed by atoms with E-state index in [0.29, 0.717) is 17.4 Å². The first kappa shape index (κ1) is 18.6. The van der Waals surface area contributed by atoms with Gasteiger partial charge in [0.05, 0.1) is 10.9 Å². The fourth-order valence-corrected chi connectivity index (χ4v) is 6.33. The second kappa shape index (κ2) is 7.60. The molecule has 1 fully saturated rings. The van der Waals surface area contributed by atoms with Crippen LogP contribution in [0.1, 0.15) is 67.5 Å². The molecular weight excluding hydrogens is 350 g/mol. The van der Waals surface area contributed by atoms with Crippen molar-refractivity contribution in [3.63, 3.8) is 0 Å². The Bertz CT molecular complexity index is 806. The minimum Gasteiger partial charge on any atom is -0.207 e. The maximum Gasteiger partial charge on any atom is 0.243 e. The fourth-order valence-electron chi connectivity index (χ4n) is 3.52. The van der Waals surface area contributed by atoms with Crippen molar-refractivity contribution in [3.8, 4) is 0 Å². The summed E-state index contributed by atoms with van der Waals surface area (Å²) in [5, 5.41) is 2.07. The van der Waals surface area contributed by atoms with Crippen LogP contribution in [-0.4, -0.2) is 19.3 Å². The van der Waals surface area contributed by atoms with Gasteiger partial charge < -0.3 is 0 Å². The van der Waals surface area contributed by atoms with Crippen LogP contribution >= 0.6 is 11.3 Å². The van der Waals surface area contributed by atoms with E-state index in [0.717, 1.165) is 25.7 Å². The summed E-state index contributed by atoms with van der Waals surface area (Å²) in [5.41, 5.74) is 2.37. The molecule has 0 aliphatic carbocycles. The quantitative estimate of drug-likeness (QED) is 0.707. The van der Waals surface area contributed by atoms with E-state index in [1.807, 2.05) is 12.1 Å². The number of hydrogen-bond donors (Lipinski definition) is 0. The Labute approximate surface area is 155 Å². The first-order chi connectivity index (χ1) is 11.9. The lowest BCUT2D eigenvalue weighted by Gasteiger charge is -2.29. The monoisotopic (exact) mass is 377 g/mol. The summed E-state index contributed by atoms with van der Waals surface area (Å²) < 4.78 is 28.5. The summed E-state index contributed by atoms with van der Waals surface area (Å²) in [4.78, 5) is 1.61. The second-order valence-corrected chi connectivity index (χ2v) is 10.0. The molecule has 1 atom stereocenters. The molecule has 0 spiro atoms. The molecule has 1 saturated heterocycles. The molecule has 25 heavy (non-hydrogen) atoms. The van der Waals surface area contributed by atoms with Gasteiger partial charge in [0.25, 0.3) is 0 Å². The van der Waals surface area contributed by atoms with Crippen LogP contribution in [0.3, 0.4) is 0 Å². The van der Waals surface area contributed by atoms with Crippen LogP contribution in [0.5, 0.6) is 0 Å². The van der Waals surface area contributed by atoms with Gasteiger partial charge in [-0.3, -0.25) is 0 Å². The highest BCUT2D eigenvalue weighted by molar-refractivity contribution is 7.89. The number of sulfonamides is 1. The van der Waals surface area contributed by atoms with Crippen molar-refractivity contribution in [3.05, 3.63) is 51.7 Å². The van der Waals surface area contributed by atoms with Crippen LogP contribution in [0, 0.1) is 6.92 Å². The van der Waals surface area contributed by atoms with Crippen LogP contribution in [0.25, 0.3) is 0 Å². The first-order valence-electron chi connectivity index (χ1n) is 9.07. The Kier molecular flexibility index (Phi) is 5.66. The molecule has 0 unspecified atom stereocenters. The smallest absolute Gasteiger partial charge is 0.207 e. The predicted octanol–water partition coefficient (Wildman–Crippen LogP) is 5.49. The summed E-state index contributed by atoms with van der Waals surface area (Å²) in [6.45, 7) is 6.93. The molecule has 0 N–H and O–H groups in total. The van der Waals surface area contributed by atoms with Gasteiger partial charge in [0.15, 0.2) is 0 Å². The number of thiophene rings is 1. The highest BCUT2D eigenvalue weighted by Crippen LogP contribution is 2.38. The number of hydrogen-bond acceptors (Lipinski definition) is 3. The molecule has 0 saturated carbocycles. The van der Waals surface area contributed by atoms with Gasteiger partial charge in [-0.15, -0.1) is 11.3 Å². The molecule has 1 aromatic heterocycles. The van der Waals surface area contributed by atoms with Crippen molar-refractivity contribution >= 4 is 21.4 Å². The van der Waals surface area contributed by atoms with Crippen molar-refractivity contribution < 1.29 is 8.42 Å². The summed E-state index contributed by atoms with van der Waals surface area (Å²) in [7, 11) is -3.48. The van der Waals surface area contributed by atoms with E-state index in [1.54, 1.807) is 27.8 Å². The first-order valence-corrected chi connectivity index (χ1v) is 11.4. The Morgan fingerprint density at radius 3 is 2.40 bits per heavy atom. The third-order valence-electron chi connectivity index (χ3n) is 5.06. The third-order valence-corrected chi connectivity index (χ3v) is 8.10. The summed E-state index contributed by atoms with van der Waals surface area (Å²) in [6.07, 6.45) is 4.02. The van der Waals surface area contributed by atoms with Gasteiger partial charge in [0, 0.05) is 11.4 Å². The molecule has 1 aromatic carbocycles. The Balaban J connectivity index is 1.98. The maximum atomic E-state index is 13.4. The highest BCUT2D eigenvalue weighted by Gasteiger charge is 2.34. The predicted molar refractivity (Wildman–Crippen MR) is 105 cm³/mol. The number of benzene rings is 1. The molecule has 1 aliphatic rings. The van der Waals surface area contributed by atoms with Crippen LogP contribution in [0.4, 0.5) is 0 Å². The van der Waals surface area contributed by atoms with Crippen LogP contribution in [0.15, 0.2) is 40.6 Å². The van der Waals surface area contributed by atoms with E-state index in [2.05, 4.69) is 32.2 Å². The normalized spacial score (nSPS) is 19.9. The molecule has 2 heterocycles. The van der Waals surface area contributed by atoms with Crippen molar-refractivity contribution in [2.75, 3.05) is 6.54 Å². The zero-order valence-corrected chi connectivity index (χ0v) is 16.9. The number of aryl methyl sites for hydroxylation is 1. The number of rotatable bonds is 4. The van der Waals surface area contributed by atoms with Crippen LogP contribution < -0.4 is 0 Å². The van der Waals surface area contributed by atoms with Gasteiger partial charge >= 0.3 is 0 Å². The Morgan fingerprint density at radius 1 is 1.08 bits per heavy atom. The molecular formula is C20H27NO2S2. The molecule has 2 aromatic rings. The molecule has 3 nitrogen and oxygen atoms in total. The third kappa shape index (κ3) is 3.83. The van der Waals surface area contributed by atoms with Crippen LogP contribution in [-0.2, 0) is 10.0 Å². The molecule has 0 radical (unpaired) electrons. The van der Waals surface area contributed by atoms with E-state index in [4.69, 9.17) is 0 Å². The molecule has 0 amide bonds. The largest absolute Gasteiger partial charge is 0.243 e. The van der Waals surface area contributed by atoms with E-state index < -0.39 is 10.0 Å². The van der Waals surface area contributed by atoms with Crippen LogP contribution in [0.2, 0.25) is 0 Å². The molecule has 0 bridgehead atoms. The summed E-state index contributed by atoms with van der Waals surface area (Å²) in [5.74, 6) is 0.399. The zero-order chi connectivity index (χ0) is 18.0. The fraction of sp³-hybridized carbons (Fsp3) is 0.500. The van der Waals surface area contributed by atoms with E-state index in [-0.39, 0.29) is 6.04 Å².